The van der Waals surface area contributed by atoms with Crippen LogP contribution in [0, 0.1) is 13.8 Å². The second-order valence-electron chi connectivity index (χ2n) is 24.7. The van der Waals surface area contributed by atoms with Crippen molar-refractivity contribution >= 4 is 78.0 Å². The number of nitrogens with zero attached hydrogens (tertiary/aromatic N) is 2. The van der Waals surface area contributed by atoms with Gasteiger partial charge in [0.1, 0.15) is 16.7 Å². The number of furan rings is 2. The second kappa shape index (κ2) is 19.6. The van der Waals surface area contributed by atoms with E-state index in [0.29, 0.717) is 0 Å². The zero-order valence-corrected chi connectivity index (χ0v) is 50.1. The van der Waals surface area contributed by atoms with Crippen molar-refractivity contribution in [3.05, 3.63) is 337 Å². The van der Waals surface area contributed by atoms with E-state index in [1.165, 1.54) is 11.1 Å². The van der Waals surface area contributed by atoms with Crippen molar-refractivity contribution in [1.82, 2.24) is 0 Å². The fourth-order valence-electron chi connectivity index (χ4n) is 15.8. The van der Waals surface area contributed by atoms with Gasteiger partial charge in [0.05, 0.1) is 33.6 Å². The quantitative estimate of drug-likeness (QED) is 0.166. The molecule has 19 rings (SSSR count). The first kappa shape index (κ1) is 51.3. The predicted molar refractivity (Wildman–Crippen MR) is 377 cm³/mol. The van der Waals surface area contributed by atoms with E-state index in [2.05, 4.69) is 327 Å². The topological polar surface area (TPSA) is 32.8 Å². The number of fused-ring (bicyclic) bond motifs is 8. The van der Waals surface area contributed by atoms with Gasteiger partial charge in [-0.2, -0.15) is 0 Å². The Morgan fingerprint density at radius 3 is 1.12 bits per heavy atom. The minimum Gasteiger partial charge on any atom is -0.455 e. The van der Waals surface area contributed by atoms with Crippen molar-refractivity contribution in [3.8, 4) is 77.9 Å². The van der Waals surface area contributed by atoms with Crippen LogP contribution < -0.4 is 9.80 Å². The van der Waals surface area contributed by atoms with E-state index in [9.17, 15) is 0 Å². The molecule has 91 heavy (non-hydrogen) atoms. The number of hydrogen-bond acceptors (Lipinski definition) is 4. The van der Waals surface area contributed by atoms with Crippen molar-refractivity contribution in [2.24, 2.45) is 0 Å². The normalized spacial score (nSPS) is 14.3. The summed E-state index contributed by atoms with van der Waals surface area (Å²) in [5.41, 5.74) is 31.2. The van der Waals surface area contributed by atoms with Gasteiger partial charge in [0.15, 0.2) is 5.58 Å². The Bertz CT molecular complexity index is 5670. The predicted octanol–water partition coefficient (Wildman–Crippen LogP) is 24.0. The second-order valence-corrected chi connectivity index (χ2v) is 24.7. The third-order valence-electron chi connectivity index (χ3n) is 19.8. The number of benzene rings is 14. The van der Waals surface area contributed by atoms with E-state index in [-0.39, 0.29) is 0 Å². The number of rotatable bonds is 6. The maximum Gasteiger partial charge on any atom is 0.160 e. The third kappa shape index (κ3) is 7.39. The molecule has 0 radical (unpaired) electrons. The molecule has 14 aromatic carbocycles. The highest BCUT2D eigenvalue weighted by Gasteiger charge is 2.53. The van der Waals surface area contributed by atoms with E-state index >= 15 is 0 Å². The summed E-state index contributed by atoms with van der Waals surface area (Å²) in [4.78, 5) is 5.13. The first-order valence-corrected chi connectivity index (χ1v) is 31.5. The smallest absolute Gasteiger partial charge is 0.160 e. The van der Waals surface area contributed by atoms with E-state index in [0.717, 1.165) is 178 Å². The molecule has 4 nitrogen and oxygen atoms in total. The summed E-state index contributed by atoms with van der Waals surface area (Å²) >= 11 is 0. The highest BCUT2D eigenvalue weighted by Crippen LogP contribution is 2.68. The molecule has 2 aromatic heterocycles. The van der Waals surface area contributed by atoms with Gasteiger partial charge >= 0.3 is 0 Å². The van der Waals surface area contributed by atoms with Crippen molar-refractivity contribution in [1.29, 1.82) is 0 Å². The van der Waals surface area contributed by atoms with Gasteiger partial charge < -0.3 is 18.6 Å². The summed E-state index contributed by atoms with van der Waals surface area (Å²) in [5.74, 6) is 0. The summed E-state index contributed by atoms with van der Waals surface area (Å²) < 4.78 is 15.4. The minimum atomic E-state index is -1.01. The van der Waals surface area contributed by atoms with Crippen molar-refractivity contribution < 1.29 is 8.83 Å². The molecule has 1 aliphatic carbocycles. The van der Waals surface area contributed by atoms with E-state index in [4.69, 9.17) is 8.83 Å². The molecule has 1 spiro atoms. The summed E-state index contributed by atoms with van der Waals surface area (Å²) in [6.45, 7) is 4.52. The first-order valence-electron chi connectivity index (χ1n) is 31.5. The number of para-hydroxylation sites is 2. The molecule has 7 bridgehead atoms. The summed E-state index contributed by atoms with van der Waals surface area (Å²) in [6, 6.07) is 113. The molecule has 0 fully saturated rings. The molecule has 0 saturated heterocycles. The molecule has 1 atom stereocenters. The van der Waals surface area contributed by atoms with Gasteiger partial charge in [0.2, 0.25) is 0 Å². The van der Waals surface area contributed by atoms with Crippen LogP contribution in [0.4, 0.5) is 34.1 Å². The first-order chi connectivity index (χ1) is 45.0. The Kier molecular flexibility index (Phi) is 11.1. The maximum absolute atomic E-state index is 7.75. The standard InChI is InChI=1S/C87H56N2O2/c1-53-39-41-59(55-23-7-3-8-24-55)47-73(53)88-75-49-61(57-27-11-5-12-28-57)43-45-65(75)63-31-15-19-35-69(63)87-70-36-20-16-32-64(70)66-46-44-62(58-29-13-6-14-30-58)50-76(66)89(74-48-60(42-40-54(74)2)56-25-9-4-10-26-56)78-52-71(87)83(82-68-34-18-22-38-80(68)90-85(78)82)84-72(87)51-77(88)81-67-33-17-21-37-79(67)91-86(81)84/h3-52H,1-2H3. The Labute approximate surface area is 527 Å². The lowest BCUT2D eigenvalue weighted by atomic mass is 9.64. The molecular formula is C87H56N2O2. The van der Waals surface area contributed by atoms with Gasteiger partial charge in [-0.1, -0.05) is 255 Å². The fourth-order valence-corrected chi connectivity index (χ4v) is 15.8. The van der Waals surface area contributed by atoms with E-state index < -0.39 is 5.41 Å². The van der Waals surface area contributed by atoms with Crippen LogP contribution in [0.2, 0.25) is 0 Å². The van der Waals surface area contributed by atoms with Crippen LogP contribution in [0.3, 0.4) is 0 Å². The molecule has 1 unspecified atom stereocenters. The fraction of sp³-hybridized carbons (Fsp3) is 0.0345. The molecule has 3 aliphatic rings. The lowest BCUT2D eigenvalue weighted by molar-refractivity contribution is 0.668. The number of aryl methyl sites for hydroxylation is 2. The monoisotopic (exact) mass is 1160 g/mol. The van der Waals surface area contributed by atoms with Crippen molar-refractivity contribution in [2.45, 2.75) is 19.3 Å². The average Bonchev–Trinajstić information content (AvgIpc) is 1.49. The van der Waals surface area contributed by atoms with Crippen LogP contribution in [-0.4, -0.2) is 0 Å². The van der Waals surface area contributed by atoms with Crippen LogP contribution in [0.1, 0.15) is 33.4 Å². The molecule has 426 valence electrons. The molecule has 4 heterocycles. The lowest BCUT2D eigenvalue weighted by Gasteiger charge is -2.37. The molecule has 0 saturated carbocycles. The van der Waals surface area contributed by atoms with Gasteiger partial charge in [0, 0.05) is 49.8 Å². The Morgan fingerprint density at radius 1 is 0.253 bits per heavy atom. The highest BCUT2D eigenvalue weighted by molar-refractivity contribution is 6.27. The van der Waals surface area contributed by atoms with Gasteiger partial charge in [-0.15, -0.1) is 0 Å². The lowest BCUT2D eigenvalue weighted by Crippen LogP contribution is -2.30. The van der Waals surface area contributed by atoms with Crippen LogP contribution in [-0.2, 0) is 5.41 Å². The van der Waals surface area contributed by atoms with Crippen LogP contribution in [0.5, 0.6) is 0 Å². The number of hydrogen-bond donors (Lipinski definition) is 0. The van der Waals surface area contributed by atoms with Crippen molar-refractivity contribution in [3.63, 3.8) is 0 Å². The summed E-state index contributed by atoms with van der Waals surface area (Å²) in [7, 11) is 0. The summed E-state index contributed by atoms with van der Waals surface area (Å²) in [6.07, 6.45) is 0. The van der Waals surface area contributed by atoms with Gasteiger partial charge in [-0.3, -0.25) is 0 Å². The zero-order chi connectivity index (χ0) is 60.1. The zero-order valence-electron chi connectivity index (χ0n) is 50.1. The van der Waals surface area contributed by atoms with Crippen LogP contribution in [0.25, 0.3) is 122 Å². The Hall–Kier alpha value is -11.7. The van der Waals surface area contributed by atoms with Gasteiger partial charge in [0.25, 0.3) is 0 Å². The van der Waals surface area contributed by atoms with Gasteiger partial charge in [-0.05, 0) is 151 Å². The van der Waals surface area contributed by atoms with E-state index in [1.807, 2.05) is 0 Å². The average molecular weight is 1160 g/mol. The molecule has 2 aliphatic heterocycles. The largest absolute Gasteiger partial charge is 0.455 e. The van der Waals surface area contributed by atoms with Crippen LogP contribution in [0.15, 0.2) is 312 Å². The molecular weight excluding hydrogens is 1100 g/mol. The molecule has 0 N–H and O–H groups in total. The van der Waals surface area contributed by atoms with Gasteiger partial charge in [-0.25, -0.2) is 0 Å². The minimum absolute atomic E-state index is 0.802. The molecule has 0 amide bonds. The SMILES string of the molecule is Cc1ccc(-c2ccccc2)cc1N1c2cc(-c3ccccc3)ccc2-c2ccccc2C23c4ccccc4-c4ccc(-c5ccccc5)cc4N(c4cc(-c5ccccc5)ccc4C)c4cc2c(c2oc5ccccc5c42)-c2c3cc1c1oc3ccccc3c21. The van der Waals surface area contributed by atoms with E-state index in [1.54, 1.807) is 0 Å². The maximum atomic E-state index is 7.75. The van der Waals surface area contributed by atoms with Crippen LogP contribution >= 0.6 is 0 Å². The Morgan fingerprint density at radius 2 is 0.626 bits per heavy atom. The molecule has 16 aromatic rings. The third-order valence-corrected chi connectivity index (χ3v) is 19.8. The highest BCUT2D eigenvalue weighted by atomic mass is 16.3. The Balaban J connectivity index is 1.05. The summed E-state index contributed by atoms with van der Waals surface area (Å²) in [5, 5.41) is 4.18. The van der Waals surface area contributed by atoms with Crippen molar-refractivity contribution in [2.75, 3.05) is 9.80 Å². The molecule has 4 heteroatoms. The number of anilines is 6.